The zero-order chi connectivity index (χ0) is 13.3. The molecule has 0 saturated heterocycles. The number of benzene rings is 2. The van der Waals surface area contributed by atoms with Crippen molar-refractivity contribution in [2.75, 3.05) is 17.7 Å². The van der Waals surface area contributed by atoms with Crippen molar-refractivity contribution in [3.63, 3.8) is 0 Å². The van der Waals surface area contributed by atoms with Crippen LogP contribution < -0.4 is 10.6 Å². The van der Waals surface area contributed by atoms with Crippen molar-refractivity contribution in [2.24, 2.45) is 0 Å². The van der Waals surface area contributed by atoms with Crippen LogP contribution in [0.15, 0.2) is 36.4 Å². The number of nitrogen functional groups attached to an aromatic ring is 1. The van der Waals surface area contributed by atoms with Crippen molar-refractivity contribution in [3.8, 4) is 0 Å². The molecule has 2 rings (SSSR count). The topological polar surface area (TPSA) is 29.3 Å². The maximum absolute atomic E-state index is 13.2. The minimum atomic E-state index is -0.216. The Kier molecular flexibility index (Phi) is 3.43. The van der Waals surface area contributed by atoms with Crippen molar-refractivity contribution < 1.29 is 4.39 Å². The molecule has 0 bridgehead atoms. The SMILES string of the molecule is Cc1cc(N(C)c2cc(Cl)ccc2N)ccc1F. The Hall–Kier alpha value is -1.74. The number of halogens is 2. The lowest BCUT2D eigenvalue weighted by Crippen LogP contribution is -2.11. The highest BCUT2D eigenvalue weighted by molar-refractivity contribution is 6.31. The molecule has 0 radical (unpaired) electrons. The number of rotatable bonds is 2. The van der Waals surface area contributed by atoms with E-state index in [-0.39, 0.29) is 5.82 Å². The summed E-state index contributed by atoms with van der Waals surface area (Å²) in [6.07, 6.45) is 0. The molecule has 0 unspecified atom stereocenters. The molecule has 2 N–H and O–H groups in total. The fourth-order valence-electron chi connectivity index (χ4n) is 1.78. The van der Waals surface area contributed by atoms with E-state index >= 15 is 0 Å². The summed E-state index contributed by atoms with van der Waals surface area (Å²) in [6, 6.07) is 10.2. The second-order valence-corrected chi connectivity index (χ2v) is 4.63. The van der Waals surface area contributed by atoms with Crippen LogP contribution >= 0.6 is 11.6 Å². The van der Waals surface area contributed by atoms with Crippen molar-refractivity contribution in [3.05, 3.63) is 52.8 Å². The van der Waals surface area contributed by atoms with E-state index < -0.39 is 0 Å². The number of aryl methyl sites for hydroxylation is 1. The first-order valence-corrected chi connectivity index (χ1v) is 5.92. The predicted molar refractivity (Wildman–Crippen MR) is 75.1 cm³/mol. The third-order valence-electron chi connectivity index (χ3n) is 2.88. The minimum Gasteiger partial charge on any atom is -0.397 e. The van der Waals surface area contributed by atoms with Gasteiger partial charge in [0.25, 0.3) is 0 Å². The minimum absolute atomic E-state index is 0.216. The van der Waals surface area contributed by atoms with Crippen LogP contribution in [-0.4, -0.2) is 7.05 Å². The zero-order valence-electron chi connectivity index (χ0n) is 10.2. The zero-order valence-corrected chi connectivity index (χ0v) is 11.0. The number of hydrogen-bond donors (Lipinski definition) is 1. The van der Waals surface area contributed by atoms with Gasteiger partial charge in [-0.15, -0.1) is 0 Å². The third-order valence-corrected chi connectivity index (χ3v) is 3.12. The number of nitrogens with two attached hydrogens (primary N) is 1. The van der Waals surface area contributed by atoms with E-state index in [4.69, 9.17) is 17.3 Å². The summed E-state index contributed by atoms with van der Waals surface area (Å²) in [4.78, 5) is 1.88. The Morgan fingerprint density at radius 3 is 2.56 bits per heavy atom. The van der Waals surface area contributed by atoms with Gasteiger partial charge in [0.1, 0.15) is 5.82 Å². The second-order valence-electron chi connectivity index (χ2n) is 4.20. The van der Waals surface area contributed by atoms with Crippen molar-refractivity contribution in [1.29, 1.82) is 0 Å². The largest absolute Gasteiger partial charge is 0.397 e. The standard InChI is InChI=1S/C14H14ClFN2/c1-9-7-11(4-5-12(9)16)18(2)14-8-10(15)3-6-13(14)17/h3-8H,17H2,1-2H3. The van der Waals surface area contributed by atoms with Crippen LogP contribution in [0.3, 0.4) is 0 Å². The van der Waals surface area contributed by atoms with Crippen LogP contribution in [-0.2, 0) is 0 Å². The maximum Gasteiger partial charge on any atom is 0.126 e. The average Bonchev–Trinajstić information content (AvgIpc) is 2.35. The molecule has 0 spiro atoms. The monoisotopic (exact) mass is 264 g/mol. The fourth-order valence-corrected chi connectivity index (χ4v) is 1.95. The lowest BCUT2D eigenvalue weighted by molar-refractivity contribution is 0.618. The molecular weight excluding hydrogens is 251 g/mol. The van der Waals surface area contributed by atoms with E-state index in [1.54, 1.807) is 37.3 Å². The van der Waals surface area contributed by atoms with Gasteiger partial charge in [0, 0.05) is 17.8 Å². The normalized spacial score (nSPS) is 10.4. The maximum atomic E-state index is 13.2. The molecule has 0 saturated carbocycles. The molecule has 2 aromatic rings. The van der Waals surface area contributed by atoms with Crippen LogP contribution in [0.1, 0.15) is 5.56 Å². The van der Waals surface area contributed by atoms with E-state index in [0.717, 1.165) is 11.4 Å². The number of nitrogens with zero attached hydrogens (tertiary/aromatic N) is 1. The Morgan fingerprint density at radius 1 is 1.17 bits per heavy atom. The summed E-state index contributed by atoms with van der Waals surface area (Å²) in [7, 11) is 1.87. The molecule has 2 nitrogen and oxygen atoms in total. The highest BCUT2D eigenvalue weighted by Crippen LogP contribution is 2.31. The first-order valence-electron chi connectivity index (χ1n) is 5.54. The van der Waals surface area contributed by atoms with Crippen LogP contribution in [0.25, 0.3) is 0 Å². The highest BCUT2D eigenvalue weighted by Gasteiger charge is 2.09. The highest BCUT2D eigenvalue weighted by atomic mass is 35.5. The molecule has 0 fully saturated rings. The van der Waals surface area contributed by atoms with E-state index in [2.05, 4.69) is 0 Å². The predicted octanol–water partition coefficient (Wildman–Crippen LogP) is 4.14. The number of hydrogen-bond acceptors (Lipinski definition) is 2. The summed E-state index contributed by atoms with van der Waals surface area (Å²) in [5, 5.41) is 0.616. The summed E-state index contributed by atoms with van der Waals surface area (Å²) < 4.78 is 13.2. The van der Waals surface area contributed by atoms with Crippen molar-refractivity contribution in [2.45, 2.75) is 6.92 Å². The molecule has 0 heterocycles. The summed E-state index contributed by atoms with van der Waals surface area (Å²) in [5.41, 5.74) is 8.81. The van der Waals surface area contributed by atoms with E-state index in [1.807, 2.05) is 11.9 Å². The molecule has 2 aromatic carbocycles. The molecule has 0 aliphatic heterocycles. The van der Waals surface area contributed by atoms with E-state index in [9.17, 15) is 4.39 Å². The first kappa shape index (κ1) is 12.7. The fraction of sp³-hybridized carbons (Fsp3) is 0.143. The van der Waals surface area contributed by atoms with Gasteiger partial charge >= 0.3 is 0 Å². The van der Waals surface area contributed by atoms with Crippen molar-refractivity contribution in [1.82, 2.24) is 0 Å². The first-order chi connectivity index (χ1) is 8.49. The molecule has 4 heteroatoms. The van der Waals surface area contributed by atoms with Gasteiger partial charge in [0.2, 0.25) is 0 Å². The molecular formula is C14H14ClFN2. The molecule has 0 aliphatic rings. The Labute approximate surface area is 111 Å². The van der Waals surface area contributed by atoms with Crippen LogP contribution in [0.4, 0.5) is 21.5 Å². The van der Waals surface area contributed by atoms with Gasteiger partial charge in [-0.1, -0.05) is 11.6 Å². The lowest BCUT2D eigenvalue weighted by atomic mass is 10.1. The molecule has 0 atom stereocenters. The Morgan fingerprint density at radius 2 is 1.89 bits per heavy atom. The molecule has 94 valence electrons. The van der Waals surface area contributed by atoms with Crippen LogP contribution in [0.5, 0.6) is 0 Å². The van der Waals surface area contributed by atoms with E-state index in [1.165, 1.54) is 6.07 Å². The van der Waals surface area contributed by atoms with Gasteiger partial charge in [0.15, 0.2) is 0 Å². The molecule has 18 heavy (non-hydrogen) atoms. The molecule has 0 amide bonds. The van der Waals surface area contributed by atoms with Gasteiger partial charge in [-0.25, -0.2) is 4.39 Å². The summed E-state index contributed by atoms with van der Waals surface area (Å²) >= 11 is 5.96. The van der Waals surface area contributed by atoms with Crippen molar-refractivity contribution >= 4 is 28.7 Å². The van der Waals surface area contributed by atoms with Gasteiger partial charge in [-0.2, -0.15) is 0 Å². The molecule has 0 aliphatic carbocycles. The van der Waals surface area contributed by atoms with Gasteiger partial charge in [-0.3, -0.25) is 0 Å². The quantitative estimate of drug-likeness (QED) is 0.826. The van der Waals surface area contributed by atoms with Crippen LogP contribution in [0, 0.1) is 12.7 Å². The van der Waals surface area contributed by atoms with Crippen LogP contribution in [0.2, 0.25) is 5.02 Å². The summed E-state index contributed by atoms with van der Waals surface area (Å²) in [6.45, 7) is 1.73. The smallest absolute Gasteiger partial charge is 0.126 e. The van der Waals surface area contributed by atoms with Gasteiger partial charge < -0.3 is 10.6 Å². The number of anilines is 3. The average molecular weight is 265 g/mol. The lowest BCUT2D eigenvalue weighted by Gasteiger charge is -2.22. The molecule has 0 aromatic heterocycles. The Bertz CT molecular complexity index is 584. The van der Waals surface area contributed by atoms with Gasteiger partial charge in [0.05, 0.1) is 11.4 Å². The van der Waals surface area contributed by atoms with E-state index in [0.29, 0.717) is 16.3 Å². The Balaban J connectivity index is 2.44. The second kappa shape index (κ2) is 4.86. The summed E-state index contributed by atoms with van der Waals surface area (Å²) in [5.74, 6) is -0.216. The third kappa shape index (κ3) is 2.41. The van der Waals surface area contributed by atoms with Gasteiger partial charge in [-0.05, 0) is 48.9 Å².